The molecule has 5 rings (SSSR count). The Hall–Kier alpha value is -2.29. The zero-order valence-electron chi connectivity index (χ0n) is 16.2. The van der Waals surface area contributed by atoms with E-state index in [1.165, 1.54) is 11.8 Å². The maximum atomic E-state index is 6.66. The Morgan fingerprint density at radius 2 is 2.21 bits per heavy atom. The Kier molecular flexibility index (Phi) is 4.64. The first kappa shape index (κ1) is 18.7. The Morgan fingerprint density at radius 3 is 2.97 bits per heavy atom. The second kappa shape index (κ2) is 7.19. The molecule has 3 N–H and O–H groups in total. The maximum absolute atomic E-state index is 6.66. The van der Waals surface area contributed by atoms with E-state index in [-0.39, 0.29) is 6.04 Å². The van der Waals surface area contributed by atoms with Crippen LogP contribution in [0.25, 0.3) is 22.1 Å². The van der Waals surface area contributed by atoms with Crippen molar-refractivity contribution < 1.29 is 4.42 Å². The number of oxazole rings is 1. The number of rotatable bonds is 4. The fourth-order valence-corrected chi connectivity index (χ4v) is 4.90. The van der Waals surface area contributed by atoms with Gasteiger partial charge in [0.1, 0.15) is 17.0 Å². The normalized spacial score (nSPS) is 17.1. The zero-order valence-corrected chi connectivity index (χ0v) is 17.8. The molecule has 1 aromatic carbocycles. The van der Waals surface area contributed by atoms with Gasteiger partial charge >= 0.3 is 0 Å². The van der Waals surface area contributed by atoms with E-state index in [0.29, 0.717) is 16.1 Å². The van der Waals surface area contributed by atoms with Gasteiger partial charge in [0.15, 0.2) is 16.6 Å². The molecule has 1 unspecified atom stereocenters. The predicted octanol–water partition coefficient (Wildman–Crippen LogP) is 4.31. The van der Waals surface area contributed by atoms with E-state index in [1.807, 2.05) is 25.1 Å². The average molecular weight is 429 g/mol. The van der Waals surface area contributed by atoms with E-state index >= 15 is 0 Å². The van der Waals surface area contributed by atoms with E-state index in [2.05, 4.69) is 21.8 Å². The Labute approximate surface area is 177 Å². The number of nitrogens with two attached hydrogens (primary N) is 1. The van der Waals surface area contributed by atoms with Crippen LogP contribution in [0.2, 0.25) is 5.02 Å². The summed E-state index contributed by atoms with van der Waals surface area (Å²) in [6.07, 6.45) is 1.75. The molecule has 0 aliphatic carbocycles. The second-order valence-corrected chi connectivity index (χ2v) is 8.70. The molecule has 0 amide bonds. The van der Waals surface area contributed by atoms with Gasteiger partial charge in [0.2, 0.25) is 0 Å². The molecule has 1 atom stereocenters. The number of H-pyrrole nitrogens is 1. The SMILES string of the molecule is CCc1[nH]c2nc(Sc3ccc4oc(C)nc4c3)nc(N3CCC(N)C3)c2c1Cl. The van der Waals surface area contributed by atoms with Crippen LogP contribution in [0.4, 0.5) is 5.82 Å². The van der Waals surface area contributed by atoms with Crippen molar-refractivity contribution in [1.82, 2.24) is 19.9 Å². The predicted molar refractivity (Wildman–Crippen MR) is 116 cm³/mol. The quantitative estimate of drug-likeness (QED) is 0.467. The van der Waals surface area contributed by atoms with Gasteiger partial charge in [0.25, 0.3) is 0 Å². The molecule has 150 valence electrons. The molecule has 4 aromatic rings. The standard InChI is InChI=1S/C20H21ClN6OS/c1-3-13-17(21)16-18(24-13)25-20(26-19(16)27-7-6-11(22)9-27)29-12-4-5-15-14(8-12)23-10(2)28-15/h4-5,8,11H,3,6-7,9,22H2,1-2H3,(H,24,25,26). The van der Waals surface area contributed by atoms with Gasteiger partial charge in [-0.1, -0.05) is 18.5 Å². The van der Waals surface area contributed by atoms with Gasteiger partial charge in [-0.15, -0.1) is 0 Å². The van der Waals surface area contributed by atoms with E-state index < -0.39 is 0 Å². The van der Waals surface area contributed by atoms with Gasteiger partial charge in [-0.25, -0.2) is 15.0 Å². The maximum Gasteiger partial charge on any atom is 0.196 e. The third kappa shape index (κ3) is 3.35. The smallest absolute Gasteiger partial charge is 0.196 e. The molecule has 0 radical (unpaired) electrons. The van der Waals surface area contributed by atoms with Gasteiger partial charge < -0.3 is 20.0 Å². The van der Waals surface area contributed by atoms with Crippen molar-refractivity contribution in [2.24, 2.45) is 5.73 Å². The molecule has 0 bridgehead atoms. The van der Waals surface area contributed by atoms with Crippen LogP contribution < -0.4 is 10.6 Å². The average Bonchev–Trinajstić information content (AvgIpc) is 3.37. The summed E-state index contributed by atoms with van der Waals surface area (Å²) >= 11 is 8.16. The van der Waals surface area contributed by atoms with Crippen LogP contribution in [-0.2, 0) is 6.42 Å². The van der Waals surface area contributed by atoms with Crippen molar-refractivity contribution in [3.05, 3.63) is 34.8 Å². The third-order valence-corrected chi connectivity index (χ3v) is 6.45. The van der Waals surface area contributed by atoms with Crippen molar-refractivity contribution in [3.63, 3.8) is 0 Å². The fourth-order valence-electron chi connectivity index (χ4n) is 3.76. The number of aryl methyl sites for hydroxylation is 2. The molecule has 29 heavy (non-hydrogen) atoms. The van der Waals surface area contributed by atoms with E-state index in [4.69, 9.17) is 31.7 Å². The number of nitrogens with zero attached hydrogens (tertiary/aromatic N) is 4. The van der Waals surface area contributed by atoms with Crippen molar-refractivity contribution >= 4 is 51.3 Å². The molecule has 1 aliphatic rings. The molecule has 3 aromatic heterocycles. The summed E-state index contributed by atoms with van der Waals surface area (Å²) in [4.78, 5) is 20.6. The van der Waals surface area contributed by atoms with Gasteiger partial charge in [-0.3, -0.25) is 0 Å². The summed E-state index contributed by atoms with van der Waals surface area (Å²) in [5.74, 6) is 1.50. The summed E-state index contributed by atoms with van der Waals surface area (Å²) in [6.45, 7) is 5.55. The Balaban J connectivity index is 1.59. The highest BCUT2D eigenvalue weighted by Gasteiger charge is 2.26. The number of hydrogen-bond donors (Lipinski definition) is 2. The number of aromatic amines is 1. The summed E-state index contributed by atoms with van der Waals surface area (Å²) < 4.78 is 5.57. The number of hydrogen-bond acceptors (Lipinski definition) is 7. The lowest BCUT2D eigenvalue weighted by Gasteiger charge is -2.18. The van der Waals surface area contributed by atoms with Crippen LogP contribution in [0.15, 0.2) is 32.7 Å². The monoisotopic (exact) mass is 428 g/mol. The molecule has 0 spiro atoms. The van der Waals surface area contributed by atoms with Gasteiger partial charge in [0.05, 0.1) is 10.4 Å². The van der Waals surface area contributed by atoms with Crippen LogP contribution in [0.5, 0.6) is 0 Å². The molecular formula is C20H21ClN6OS. The zero-order chi connectivity index (χ0) is 20.1. The lowest BCUT2D eigenvalue weighted by molar-refractivity contribution is 0.561. The van der Waals surface area contributed by atoms with Gasteiger partial charge in [-0.2, -0.15) is 0 Å². The minimum absolute atomic E-state index is 0.150. The second-order valence-electron chi connectivity index (χ2n) is 7.28. The number of nitrogens with one attached hydrogen (secondary N) is 1. The van der Waals surface area contributed by atoms with Gasteiger partial charge in [-0.05, 0) is 42.8 Å². The van der Waals surface area contributed by atoms with E-state index in [9.17, 15) is 0 Å². The molecule has 4 heterocycles. The summed E-state index contributed by atoms with van der Waals surface area (Å²) in [6, 6.07) is 6.07. The first-order valence-electron chi connectivity index (χ1n) is 9.65. The number of aromatic nitrogens is 4. The molecule has 9 heteroatoms. The summed E-state index contributed by atoms with van der Waals surface area (Å²) in [5.41, 5.74) is 9.49. The van der Waals surface area contributed by atoms with Crippen LogP contribution in [-0.4, -0.2) is 39.1 Å². The highest BCUT2D eigenvalue weighted by molar-refractivity contribution is 7.99. The molecule has 0 saturated carbocycles. The minimum Gasteiger partial charge on any atom is -0.441 e. The first-order valence-corrected chi connectivity index (χ1v) is 10.8. The Bertz CT molecular complexity index is 1220. The molecule has 1 fully saturated rings. The van der Waals surface area contributed by atoms with Crippen molar-refractivity contribution in [2.45, 2.75) is 42.8 Å². The van der Waals surface area contributed by atoms with Crippen LogP contribution in [0, 0.1) is 6.92 Å². The number of fused-ring (bicyclic) bond motifs is 2. The lowest BCUT2D eigenvalue weighted by atomic mass is 10.3. The van der Waals surface area contributed by atoms with E-state index in [0.717, 1.165) is 64.5 Å². The van der Waals surface area contributed by atoms with Crippen molar-refractivity contribution in [2.75, 3.05) is 18.0 Å². The fraction of sp³-hybridized carbons (Fsp3) is 0.350. The van der Waals surface area contributed by atoms with Crippen LogP contribution in [0.1, 0.15) is 24.9 Å². The van der Waals surface area contributed by atoms with Crippen molar-refractivity contribution in [1.29, 1.82) is 0 Å². The summed E-state index contributed by atoms with van der Waals surface area (Å²) in [5, 5.41) is 2.24. The number of anilines is 1. The third-order valence-electron chi connectivity index (χ3n) is 5.18. The van der Waals surface area contributed by atoms with Crippen LogP contribution >= 0.6 is 23.4 Å². The summed E-state index contributed by atoms with van der Waals surface area (Å²) in [7, 11) is 0. The largest absolute Gasteiger partial charge is 0.441 e. The molecule has 1 saturated heterocycles. The molecule has 1 aliphatic heterocycles. The van der Waals surface area contributed by atoms with E-state index in [1.54, 1.807) is 0 Å². The number of halogens is 1. The molecular weight excluding hydrogens is 408 g/mol. The van der Waals surface area contributed by atoms with Gasteiger partial charge in [0, 0.05) is 36.6 Å². The topological polar surface area (TPSA) is 96.9 Å². The highest BCUT2D eigenvalue weighted by atomic mass is 35.5. The minimum atomic E-state index is 0.150. The lowest BCUT2D eigenvalue weighted by Crippen LogP contribution is -2.27. The van der Waals surface area contributed by atoms with Crippen LogP contribution in [0.3, 0.4) is 0 Å². The molecule has 7 nitrogen and oxygen atoms in total. The number of benzene rings is 1. The highest BCUT2D eigenvalue weighted by Crippen LogP contribution is 2.38. The Morgan fingerprint density at radius 1 is 1.34 bits per heavy atom. The first-order chi connectivity index (χ1) is 14.0. The van der Waals surface area contributed by atoms with Crippen molar-refractivity contribution in [3.8, 4) is 0 Å².